The van der Waals surface area contributed by atoms with Crippen LogP contribution in [-0.4, -0.2) is 50.1 Å². The highest BCUT2D eigenvalue weighted by atomic mass is 16.6. The van der Waals surface area contributed by atoms with Crippen molar-refractivity contribution in [1.82, 2.24) is 0 Å². The van der Waals surface area contributed by atoms with Gasteiger partial charge in [-0.25, -0.2) is 9.59 Å². The second kappa shape index (κ2) is 7.28. The maximum Gasteiger partial charge on any atom is 0.335 e. The SMILES string of the molecule is COCCOC(=O)C(C)OCC(=O)O. The van der Waals surface area contributed by atoms with E-state index in [4.69, 9.17) is 9.84 Å². The van der Waals surface area contributed by atoms with Crippen molar-refractivity contribution < 1.29 is 28.9 Å². The average molecular weight is 206 g/mol. The van der Waals surface area contributed by atoms with Crippen molar-refractivity contribution in [3.63, 3.8) is 0 Å². The molecule has 14 heavy (non-hydrogen) atoms. The van der Waals surface area contributed by atoms with Gasteiger partial charge in [-0.05, 0) is 6.92 Å². The molecule has 0 radical (unpaired) electrons. The zero-order valence-corrected chi connectivity index (χ0v) is 8.19. The molecule has 0 aromatic heterocycles. The van der Waals surface area contributed by atoms with E-state index in [1.54, 1.807) is 0 Å². The summed E-state index contributed by atoms with van der Waals surface area (Å²) in [6.07, 6.45) is -0.872. The first-order chi connectivity index (χ1) is 6.57. The lowest BCUT2D eigenvalue weighted by Gasteiger charge is -2.10. The van der Waals surface area contributed by atoms with Crippen molar-refractivity contribution >= 4 is 11.9 Å². The van der Waals surface area contributed by atoms with E-state index in [0.29, 0.717) is 6.61 Å². The van der Waals surface area contributed by atoms with E-state index in [2.05, 4.69) is 9.47 Å². The van der Waals surface area contributed by atoms with Crippen LogP contribution in [-0.2, 0) is 23.8 Å². The average Bonchev–Trinajstić information content (AvgIpc) is 2.14. The highest BCUT2D eigenvalue weighted by Gasteiger charge is 2.15. The van der Waals surface area contributed by atoms with Gasteiger partial charge in [-0.3, -0.25) is 0 Å². The second-order valence-corrected chi connectivity index (χ2v) is 2.51. The summed E-state index contributed by atoms with van der Waals surface area (Å²) in [5, 5.41) is 8.26. The molecule has 1 atom stereocenters. The molecule has 0 saturated carbocycles. The van der Waals surface area contributed by atoms with Crippen LogP contribution < -0.4 is 0 Å². The predicted octanol–water partition coefficient (Wildman–Crippen LogP) is -0.334. The van der Waals surface area contributed by atoms with Gasteiger partial charge in [0.2, 0.25) is 0 Å². The van der Waals surface area contributed by atoms with Crippen LogP contribution in [0.1, 0.15) is 6.92 Å². The molecule has 0 bridgehead atoms. The standard InChI is InChI=1S/C8H14O6/c1-6(14-5-7(9)10)8(11)13-4-3-12-2/h6H,3-5H2,1-2H3,(H,9,10). The molecular formula is C8H14O6. The van der Waals surface area contributed by atoms with Crippen molar-refractivity contribution in [2.24, 2.45) is 0 Å². The minimum atomic E-state index is -1.12. The van der Waals surface area contributed by atoms with Crippen LogP contribution in [0.15, 0.2) is 0 Å². The molecule has 0 aliphatic heterocycles. The first-order valence-electron chi connectivity index (χ1n) is 4.07. The highest BCUT2D eigenvalue weighted by molar-refractivity contribution is 5.75. The Morgan fingerprint density at radius 3 is 2.50 bits per heavy atom. The molecule has 1 unspecified atom stereocenters. The first-order valence-corrected chi connectivity index (χ1v) is 4.07. The number of methoxy groups -OCH3 is 1. The van der Waals surface area contributed by atoms with Crippen molar-refractivity contribution in [2.75, 3.05) is 26.9 Å². The Bertz CT molecular complexity index is 190. The Balaban J connectivity index is 3.59. The largest absolute Gasteiger partial charge is 0.480 e. The van der Waals surface area contributed by atoms with Crippen LogP contribution in [0.2, 0.25) is 0 Å². The number of hydrogen-bond donors (Lipinski definition) is 1. The second-order valence-electron chi connectivity index (χ2n) is 2.51. The summed E-state index contributed by atoms with van der Waals surface area (Å²) in [7, 11) is 1.48. The number of ether oxygens (including phenoxy) is 3. The number of hydrogen-bond acceptors (Lipinski definition) is 5. The summed E-state index contributed by atoms with van der Waals surface area (Å²) >= 11 is 0. The molecule has 0 amide bonds. The molecule has 6 nitrogen and oxygen atoms in total. The molecule has 0 heterocycles. The molecule has 0 saturated heterocycles. The summed E-state index contributed by atoms with van der Waals surface area (Å²) in [5.74, 6) is -1.72. The van der Waals surface area contributed by atoms with Crippen LogP contribution >= 0.6 is 0 Å². The number of carbonyl (C=O) groups excluding carboxylic acids is 1. The molecule has 6 heteroatoms. The van der Waals surface area contributed by atoms with Gasteiger partial charge in [-0.2, -0.15) is 0 Å². The molecule has 0 aromatic rings. The summed E-state index contributed by atoms with van der Waals surface area (Å²) in [4.78, 5) is 21.1. The third-order valence-electron chi connectivity index (χ3n) is 1.32. The van der Waals surface area contributed by atoms with Crippen LogP contribution in [0.25, 0.3) is 0 Å². The topological polar surface area (TPSA) is 82.1 Å². The zero-order valence-electron chi connectivity index (χ0n) is 8.19. The minimum Gasteiger partial charge on any atom is -0.480 e. The van der Waals surface area contributed by atoms with E-state index in [-0.39, 0.29) is 6.61 Å². The molecule has 82 valence electrons. The number of carbonyl (C=O) groups is 2. The summed E-state index contributed by atoms with van der Waals surface area (Å²) in [6, 6.07) is 0. The lowest BCUT2D eigenvalue weighted by Crippen LogP contribution is -2.26. The van der Waals surface area contributed by atoms with Crippen LogP contribution in [0.3, 0.4) is 0 Å². The maximum atomic E-state index is 11.0. The fourth-order valence-electron chi connectivity index (χ4n) is 0.607. The van der Waals surface area contributed by atoms with Crippen molar-refractivity contribution in [3.8, 4) is 0 Å². The first kappa shape index (κ1) is 12.9. The monoisotopic (exact) mass is 206 g/mol. The number of carboxylic acids is 1. The van der Waals surface area contributed by atoms with Gasteiger partial charge >= 0.3 is 11.9 Å². The van der Waals surface area contributed by atoms with Gasteiger partial charge in [0.05, 0.1) is 6.61 Å². The molecule has 0 aliphatic rings. The van der Waals surface area contributed by atoms with Crippen molar-refractivity contribution in [1.29, 1.82) is 0 Å². The molecule has 0 fully saturated rings. The molecule has 1 N–H and O–H groups in total. The lowest BCUT2D eigenvalue weighted by molar-refractivity contribution is -0.160. The number of aliphatic carboxylic acids is 1. The Hall–Kier alpha value is -1.14. The normalized spacial score (nSPS) is 12.1. The molecule has 0 rings (SSSR count). The summed E-state index contributed by atoms with van der Waals surface area (Å²) in [6.45, 7) is 1.35. The Morgan fingerprint density at radius 1 is 1.36 bits per heavy atom. The van der Waals surface area contributed by atoms with Gasteiger partial charge in [0.25, 0.3) is 0 Å². The Labute approximate surface area is 81.8 Å². The van der Waals surface area contributed by atoms with Gasteiger partial charge in [0, 0.05) is 7.11 Å². The van der Waals surface area contributed by atoms with Crippen LogP contribution in [0, 0.1) is 0 Å². The van der Waals surface area contributed by atoms with Gasteiger partial charge < -0.3 is 19.3 Å². The molecule has 0 aromatic carbocycles. The van der Waals surface area contributed by atoms with Gasteiger partial charge in [0.1, 0.15) is 13.2 Å². The Morgan fingerprint density at radius 2 is 2.00 bits per heavy atom. The lowest BCUT2D eigenvalue weighted by atomic mass is 10.4. The fourth-order valence-corrected chi connectivity index (χ4v) is 0.607. The number of esters is 1. The fraction of sp³-hybridized carbons (Fsp3) is 0.750. The summed E-state index contributed by atoms with van der Waals surface area (Å²) in [5.41, 5.74) is 0. The van der Waals surface area contributed by atoms with Crippen molar-refractivity contribution in [3.05, 3.63) is 0 Å². The van der Waals surface area contributed by atoms with E-state index in [1.807, 2.05) is 0 Å². The van der Waals surface area contributed by atoms with E-state index < -0.39 is 24.6 Å². The molecule has 0 aliphatic carbocycles. The quantitative estimate of drug-likeness (QED) is 0.453. The van der Waals surface area contributed by atoms with Gasteiger partial charge in [0.15, 0.2) is 6.10 Å². The molecular weight excluding hydrogens is 192 g/mol. The number of rotatable bonds is 7. The van der Waals surface area contributed by atoms with Crippen molar-refractivity contribution in [2.45, 2.75) is 13.0 Å². The summed E-state index contributed by atoms with van der Waals surface area (Å²) < 4.78 is 14.0. The van der Waals surface area contributed by atoms with Gasteiger partial charge in [-0.1, -0.05) is 0 Å². The smallest absolute Gasteiger partial charge is 0.335 e. The van der Waals surface area contributed by atoms with E-state index >= 15 is 0 Å². The Kier molecular flexibility index (Phi) is 6.69. The van der Waals surface area contributed by atoms with E-state index in [1.165, 1.54) is 14.0 Å². The highest BCUT2D eigenvalue weighted by Crippen LogP contribution is 1.94. The van der Waals surface area contributed by atoms with E-state index in [9.17, 15) is 9.59 Å². The number of carboxylic acid groups (broad SMARTS) is 1. The maximum absolute atomic E-state index is 11.0. The van der Waals surface area contributed by atoms with E-state index in [0.717, 1.165) is 0 Å². The minimum absolute atomic E-state index is 0.135. The predicted molar refractivity (Wildman–Crippen MR) is 45.9 cm³/mol. The van der Waals surface area contributed by atoms with Crippen LogP contribution in [0.4, 0.5) is 0 Å². The third-order valence-corrected chi connectivity index (χ3v) is 1.32. The third kappa shape index (κ3) is 6.38. The van der Waals surface area contributed by atoms with Gasteiger partial charge in [-0.15, -0.1) is 0 Å². The van der Waals surface area contributed by atoms with Crippen LogP contribution in [0.5, 0.6) is 0 Å². The molecule has 0 spiro atoms. The zero-order chi connectivity index (χ0) is 11.0.